The zero-order valence-electron chi connectivity index (χ0n) is 5.58. The summed E-state index contributed by atoms with van der Waals surface area (Å²) in [6.45, 7) is 3.38. The van der Waals surface area contributed by atoms with Gasteiger partial charge in [-0.15, -0.1) is 6.58 Å². The van der Waals surface area contributed by atoms with E-state index in [1.807, 2.05) is 0 Å². The first kappa shape index (κ1) is 9.13. The lowest BCUT2D eigenvalue weighted by atomic mass is 10.3. The Morgan fingerprint density at radius 2 is 2.40 bits per heavy atom. The van der Waals surface area contributed by atoms with Gasteiger partial charge in [0.05, 0.1) is 6.61 Å². The maximum absolute atomic E-state index is 10.2. The summed E-state index contributed by atoms with van der Waals surface area (Å²) in [5, 5.41) is 19.3. The number of hydrogen-bond acceptors (Lipinski definition) is 3. The number of nitrogens with one attached hydrogen (secondary N) is 1. The second-order valence-electron chi connectivity index (χ2n) is 1.77. The number of rotatable bonds is 5. The molecule has 0 aromatic carbocycles. The Hall–Kier alpha value is -0.870. The minimum atomic E-state index is -1.05. The number of aliphatic hydroxyl groups is 1. The van der Waals surface area contributed by atoms with Crippen molar-refractivity contribution in [2.45, 2.75) is 6.04 Å². The first-order valence-electron chi connectivity index (χ1n) is 2.90. The third-order valence-electron chi connectivity index (χ3n) is 0.989. The molecule has 1 atom stereocenters. The molecule has 0 unspecified atom stereocenters. The molecule has 4 heteroatoms. The van der Waals surface area contributed by atoms with Crippen molar-refractivity contribution in [3.8, 4) is 0 Å². The molecule has 0 spiro atoms. The lowest BCUT2D eigenvalue weighted by Crippen LogP contribution is -2.39. The predicted octanol–water partition coefficient (Wildman–Crippen LogP) is -0.793. The molecule has 0 amide bonds. The minimum Gasteiger partial charge on any atom is -0.480 e. The number of aliphatic hydroxyl groups excluding tert-OH is 1. The van der Waals surface area contributed by atoms with Crippen molar-refractivity contribution in [2.75, 3.05) is 13.2 Å². The Kier molecular flexibility index (Phi) is 4.53. The van der Waals surface area contributed by atoms with Gasteiger partial charge in [0, 0.05) is 6.54 Å². The largest absolute Gasteiger partial charge is 0.480 e. The topological polar surface area (TPSA) is 69.6 Å². The fourth-order valence-electron chi connectivity index (χ4n) is 0.456. The Balaban J connectivity index is 3.60. The van der Waals surface area contributed by atoms with Gasteiger partial charge in [-0.25, -0.2) is 0 Å². The highest BCUT2D eigenvalue weighted by Gasteiger charge is 2.13. The van der Waals surface area contributed by atoms with Crippen LogP contribution in [0.2, 0.25) is 0 Å². The van der Waals surface area contributed by atoms with Gasteiger partial charge in [0.15, 0.2) is 0 Å². The maximum atomic E-state index is 10.2. The van der Waals surface area contributed by atoms with Gasteiger partial charge in [-0.2, -0.15) is 0 Å². The second-order valence-corrected chi connectivity index (χ2v) is 1.77. The second kappa shape index (κ2) is 4.96. The molecule has 0 saturated heterocycles. The first-order valence-corrected chi connectivity index (χ1v) is 2.90. The molecule has 0 aliphatic heterocycles. The van der Waals surface area contributed by atoms with E-state index in [-0.39, 0.29) is 0 Å². The number of carbonyl (C=O) groups is 1. The van der Waals surface area contributed by atoms with Gasteiger partial charge in [0.1, 0.15) is 6.04 Å². The highest BCUT2D eigenvalue weighted by Crippen LogP contribution is 1.80. The van der Waals surface area contributed by atoms with Crippen molar-refractivity contribution < 1.29 is 15.0 Å². The van der Waals surface area contributed by atoms with Crippen molar-refractivity contribution in [2.24, 2.45) is 0 Å². The van der Waals surface area contributed by atoms with Gasteiger partial charge >= 0.3 is 5.97 Å². The minimum absolute atomic E-state index is 0.386. The molecule has 0 fully saturated rings. The molecule has 0 heterocycles. The van der Waals surface area contributed by atoms with E-state index in [9.17, 15) is 4.79 Å². The number of aliphatic carboxylic acids is 1. The zero-order valence-corrected chi connectivity index (χ0v) is 5.58. The third-order valence-corrected chi connectivity index (χ3v) is 0.989. The third kappa shape index (κ3) is 3.21. The van der Waals surface area contributed by atoms with Crippen LogP contribution < -0.4 is 5.32 Å². The summed E-state index contributed by atoms with van der Waals surface area (Å²) in [5.74, 6) is -1.05. The molecule has 10 heavy (non-hydrogen) atoms. The molecule has 4 nitrogen and oxygen atoms in total. The average Bonchev–Trinajstić information content (AvgIpc) is 1.89. The lowest BCUT2D eigenvalue weighted by Gasteiger charge is -2.08. The standard InChI is InChI=1S/C6H11NO3/c1-2-3-7-5(4-8)6(9)10/h2,5,7-8H,1,3-4H2,(H,9,10)/t5-/m0/s1. The van der Waals surface area contributed by atoms with Crippen LogP contribution in [0.1, 0.15) is 0 Å². The molecular formula is C6H11NO3. The number of carboxylic acids is 1. The van der Waals surface area contributed by atoms with Crippen LogP contribution in [-0.2, 0) is 4.79 Å². The quantitative estimate of drug-likeness (QED) is 0.443. The maximum Gasteiger partial charge on any atom is 0.323 e. The van der Waals surface area contributed by atoms with Crippen LogP contribution in [0.15, 0.2) is 12.7 Å². The van der Waals surface area contributed by atoms with Crippen LogP contribution in [0.25, 0.3) is 0 Å². The van der Waals surface area contributed by atoms with E-state index in [0.717, 1.165) is 0 Å². The Bertz CT molecular complexity index is 124. The van der Waals surface area contributed by atoms with Crippen molar-refractivity contribution in [3.63, 3.8) is 0 Å². The van der Waals surface area contributed by atoms with Crippen LogP contribution in [0.3, 0.4) is 0 Å². The summed E-state index contributed by atoms with van der Waals surface area (Å²) in [4.78, 5) is 10.2. The van der Waals surface area contributed by atoms with Crippen molar-refractivity contribution in [3.05, 3.63) is 12.7 Å². The number of carboxylic acid groups (broad SMARTS) is 1. The molecule has 0 rings (SSSR count). The van der Waals surface area contributed by atoms with Gasteiger partial charge < -0.3 is 10.2 Å². The van der Waals surface area contributed by atoms with E-state index in [2.05, 4.69) is 11.9 Å². The molecule has 0 radical (unpaired) electrons. The summed E-state index contributed by atoms with van der Waals surface area (Å²) in [6.07, 6.45) is 1.53. The Labute approximate surface area is 59.2 Å². The van der Waals surface area contributed by atoms with Crippen LogP contribution in [0.5, 0.6) is 0 Å². The van der Waals surface area contributed by atoms with Gasteiger partial charge in [-0.1, -0.05) is 6.08 Å². The van der Waals surface area contributed by atoms with Crippen LogP contribution in [0, 0.1) is 0 Å². The van der Waals surface area contributed by atoms with Crippen molar-refractivity contribution >= 4 is 5.97 Å². The highest BCUT2D eigenvalue weighted by molar-refractivity contribution is 5.73. The van der Waals surface area contributed by atoms with Crippen LogP contribution in [0.4, 0.5) is 0 Å². The molecule has 3 N–H and O–H groups in total. The Morgan fingerprint density at radius 3 is 2.70 bits per heavy atom. The summed E-state index contributed by atoms with van der Waals surface area (Å²) in [6, 6.07) is -0.877. The van der Waals surface area contributed by atoms with E-state index in [0.29, 0.717) is 6.54 Å². The average molecular weight is 145 g/mol. The smallest absolute Gasteiger partial charge is 0.323 e. The van der Waals surface area contributed by atoms with Crippen LogP contribution >= 0.6 is 0 Å². The van der Waals surface area contributed by atoms with E-state index < -0.39 is 18.6 Å². The first-order chi connectivity index (χ1) is 4.72. The summed E-state index contributed by atoms with van der Waals surface area (Å²) in [7, 11) is 0. The molecule has 0 aromatic rings. The zero-order chi connectivity index (χ0) is 7.98. The van der Waals surface area contributed by atoms with Crippen LogP contribution in [-0.4, -0.2) is 35.4 Å². The molecule has 58 valence electrons. The highest BCUT2D eigenvalue weighted by atomic mass is 16.4. The molecule has 0 aromatic heterocycles. The van der Waals surface area contributed by atoms with E-state index in [1.165, 1.54) is 6.08 Å². The molecular weight excluding hydrogens is 134 g/mol. The van der Waals surface area contributed by atoms with E-state index in [1.54, 1.807) is 0 Å². The van der Waals surface area contributed by atoms with Gasteiger partial charge in [-0.3, -0.25) is 10.1 Å². The van der Waals surface area contributed by atoms with Gasteiger partial charge in [0.25, 0.3) is 0 Å². The van der Waals surface area contributed by atoms with Gasteiger partial charge in [0.2, 0.25) is 0 Å². The number of hydrogen-bond donors (Lipinski definition) is 3. The molecule has 0 bridgehead atoms. The van der Waals surface area contributed by atoms with Gasteiger partial charge in [-0.05, 0) is 0 Å². The van der Waals surface area contributed by atoms with Crippen molar-refractivity contribution in [1.29, 1.82) is 0 Å². The summed E-state index contributed by atoms with van der Waals surface area (Å²) < 4.78 is 0. The van der Waals surface area contributed by atoms with E-state index >= 15 is 0 Å². The fourth-order valence-corrected chi connectivity index (χ4v) is 0.456. The summed E-state index contributed by atoms with van der Waals surface area (Å²) >= 11 is 0. The predicted molar refractivity (Wildman–Crippen MR) is 36.7 cm³/mol. The Morgan fingerprint density at radius 1 is 1.80 bits per heavy atom. The fraction of sp³-hybridized carbons (Fsp3) is 0.500. The normalized spacial score (nSPS) is 12.5. The lowest BCUT2D eigenvalue weighted by molar-refractivity contribution is -0.140. The molecule has 0 aliphatic rings. The van der Waals surface area contributed by atoms with E-state index in [4.69, 9.17) is 10.2 Å². The SMILES string of the molecule is C=CCN[C@@H](CO)C(=O)O. The van der Waals surface area contributed by atoms with Crippen molar-refractivity contribution in [1.82, 2.24) is 5.32 Å². The summed E-state index contributed by atoms with van der Waals surface area (Å²) in [5.41, 5.74) is 0. The monoisotopic (exact) mass is 145 g/mol. The molecule has 0 aliphatic carbocycles. The molecule has 0 saturated carbocycles.